The number of hydrogen-bond acceptors (Lipinski definition) is 3. The van der Waals surface area contributed by atoms with Gasteiger partial charge in [-0.3, -0.25) is 5.73 Å². The van der Waals surface area contributed by atoms with Crippen molar-refractivity contribution in [2.24, 2.45) is 5.73 Å². The van der Waals surface area contributed by atoms with Crippen LogP contribution < -0.4 is 5.73 Å². The lowest BCUT2D eigenvalue weighted by Crippen LogP contribution is -2.51. The first kappa shape index (κ1) is 15.6. The molecule has 4 rings (SSSR count). The second kappa shape index (κ2) is 5.86. The van der Waals surface area contributed by atoms with Gasteiger partial charge in [0.2, 0.25) is 5.72 Å². The summed E-state index contributed by atoms with van der Waals surface area (Å²) in [4.78, 5) is 11.7. The Morgan fingerprint density at radius 1 is 1.00 bits per heavy atom. The van der Waals surface area contributed by atoms with Crippen LogP contribution in [0.4, 0.5) is 4.39 Å². The maximum atomic E-state index is 13.4. The van der Waals surface area contributed by atoms with Crippen LogP contribution in [0.15, 0.2) is 47.8 Å². The minimum absolute atomic E-state index is 0.338. The Morgan fingerprint density at radius 2 is 1.75 bits per heavy atom. The first-order valence-corrected chi connectivity index (χ1v) is 8.45. The third-order valence-corrected chi connectivity index (χ3v) is 5.21. The monoisotopic (exact) mass is 325 g/mol. The summed E-state index contributed by atoms with van der Waals surface area (Å²) in [5.74, 6) is 4.78. The van der Waals surface area contributed by atoms with Gasteiger partial charge in [-0.05, 0) is 36.0 Å². The lowest BCUT2D eigenvalue weighted by atomic mass is 9.74. The van der Waals surface area contributed by atoms with Crippen LogP contribution in [0.1, 0.15) is 49.7 Å². The molecular weight excluding hydrogens is 305 g/mol. The fourth-order valence-corrected chi connectivity index (χ4v) is 3.89. The van der Waals surface area contributed by atoms with Gasteiger partial charge in [-0.25, -0.2) is 9.78 Å². The number of fused-ring (bicyclic) bond motifs is 2. The van der Waals surface area contributed by atoms with Gasteiger partial charge in [0.15, 0.2) is 5.83 Å². The number of halogens is 1. The molecule has 3 nitrogen and oxygen atoms in total. The van der Waals surface area contributed by atoms with E-state index >= 15 is 0 Å². The lowest BCUT2D eigenvalue weighted by molar-refractivity contribution is -0.431. The van der Waals surface area contributed by atoms with E-state index in [4.69, 9.17) is 15.5 Å². The number of nitrogens with two attached hydrogens (primary N) is 1. The Hall–Kier alpha value is -1.93. The van der Waals surface area contributed by atoms with Crippen molar-refractivity contribution in [3.63, 3.8) is 0 Å². The summed E-state index contributed by atoms with van der Waals surface area (Å²) in [6.07, 6.45) is 8.59. The summed E-state index contributed by atoms with van der Waals surface area (Å²) >= 11 is 0. The van der Waals surface area contributed by atoms with Crippen LogP contribution in [-0.2, 0) is 21.1 Å². The molecule has 4 heteroatoms. The topological polar surface area (TPSA) is 44.5 Å². The van der Waals surface area contributed by atoms with Crippen molar-refractivity contribution in [3.8, 4) is 11.8 Å². The molecule has 24 heavy (non-hydrogen) atoms. The van der Waals surface area contributed by atoms with Crippen molar-refractivity contribution < 1.29 is 14.2 Å². The van der Waals surface area contributed by atoms with Gasteiger partial charge in [-0.1, -0.05) is 55.5 Å². The molecular formula is C20H20FNO2. The average molecular weight is 325 g/mol. The molecule has 1 heterocycles. The van der Waals surface area contributed by atoms with Crippen molar-refractivity contribution in [2.75, 3.05) is 0 Å². The number of benzene rings is 1. The predicted octanol–water partition coefficient (Wildman–Crippen LogP) is 4.11. The predicted molar refractivity (Wildman–Crippen MR) is 88.9 cm³/mol. The molecule has 3 aliphatic rings. The molecule has 1 fully saturated rings. The smallest absolute Gasteiger partial charge is 0.200 e. The SMILES string of the molecule is NC1(C2=CC=C(F)C#CC2)OOC2(CCCCC2)c2ccccc21. The molecule has 0 radical (unpaired) electrons. The van der Waals surface area contributed by atoms with Crippen LogP contribution in [-0.4, -0.2) is 0 Å². The van der Waals surface area contributed by atoms with E-state index in [1.54, 1.807) is 6.08 Å². The van der Waals surface area contributed by atoms with E-state index in [9.17, 15) is 4.39 Å². The highest BCUT2D eigenvalue weighted by molar-refractivity contribution is 5.46. The van der Waals surface area contributed by atoms with Gasteiger partial charge in [0.05, 0.1) is 0 Å². The van der Waals surface area contributed by atoms with Crippen molar-refractivity contribution in [1.82, 2.24) is 0 Å². The van der Waals surface area contributed by atoms with Gasteiger partial charge in [0.25, 0.3) is 0 Å². The van der Waals surface area contributed by atoms with Crippen LogP contribution in [0.2, 0.25) is 0 Å². The van der Waals surface area contributed by atoms with E-state index in [0.717, 1.165) is 36.8 Å². The Bertz CT molecular complexity index is 780. The van der Waals surface area contributed by atoms with E-state index in [0.29, 0.717) is 12.0 Å². The average Bonchev–Trinajstić information content (AvgIpc) is 2.85. The van der Waals surface area contributed by atoms with E-state index in [-0.39, 0.29) is 0 Å². The minimum atomic E-state index is -1.24. The summed E-state index contributed by atoms with van der Waals surface area (Å²) in [7, 11) is 0. The van der Waals surface area contributed by atoms with Gasteiger partial charge in [0, 0.05) is 12.0 Å². The summed E-state index contributed by atoms with van der Waals surface area (Å²) in [5, 5.41) is 0. The van der Waals surface area contributed by atoms with E-state index in [1.807, 2.05) is 18.2 Å². The zero-order chi connectivity index (χ0) is 16.6. The molecule has 0 saturated heterocycles. The molecule has 124 valence electrons. The quantitative estimate of drug-likeness (QED) is 0.624. The van der Waals surface area contributed by atoms with Crippen molar-refractivity contribution >= 4 is 0 Å². The zero-order valence-electron chi connectivity index (χ0n) is 13.5. The van der Waals surface area contributed by atoms with Crippen molar-refractivity contribution in [3.05, 3.63) is 58.9 Å². The highest BCUT2D eigenvalue weighted by Gasteiger charge is 2.49. The second-order valence-corrected chi connectivity index (χ2v) is 6.69. The molecule has 1 aliphatic heterocycles. The molecule has 1 atom stereocenters. The number of allylic oxidation sites excluding steroid dienone is 3. The summed E-state index contributed by atoms with van der Waals surface area (Å²) in [6, 6.07) is 8.01. The highest BCUT2D eigenvalue weighted by atomic mass is 19.1. The van der Waals surface area contributed by atoms with Gasteiger partial charge >= 0.3 is 0 Å². The summed E-state index contributed by atoms with van der Waals surface area (Å²) in [5.41, 5.74) is 7.62. The lowest BCUT2D eigenvalue weighted by Gasteiger charge is -2.46. The van der Waals surface area contributed by atoms with Crippen LogP contribution in [0.3, 0.4) is 0 Å². The van der Waals surface area contributed by atoms with Crippen molar-refractivity contribution in [1.29, 1.82) is 0 Å². The Labute approximate surface area is 141 Å². The van der Waals surface area contributed by atoms with Gasteiger partial charge in [-0.2, -0.15) is 4.39 Å². The first-order valence-electron chi connectivity index (χ1n) is 8.45. The summed E-state index contributed by atoms with van der Waals surface area (Å²) in [6.45, 7) is 0. The third kappa shape index (κ3) is 2.41. The van der Waals surface area contributed by atoms with E-state index in [1.165, 1.54) is 12.5 Å². The van der Waals surface area contributed by atoms with E-state index in [2.05, 4.69) is 17.9 Å². The zero-order valence-corrected chi connectivity index (χ0v) is 13.5. The molecule has 1 spiro atoms. The molecule has 1 aromatic carbocycles. The van der Waals surface area contributed by atoms with Crippen LogP contribution in [0.5, 0.6) is 0 Å². The Balaban J connectivity index is 1.81. The van der Waals surface area contributed by atoms with Gasteiger partial charge in [-0.15, -0.1) is 0 Å². The fraction of sp³-hybridized carbons (Fsp3) is 0.400. The molecule has 1 unspecified atom stereocenters. The molecule has 1 aromatic rings. The molecule has 0 aromatic heterocycles. The number of rotatable bonds is 1. The van der Waals surface area contributed by atoms with Gasteiger partial charge in [0.1, 0.15) is 5.60 Å². The first-order chi connectivity index (χ1) is 11.6. The molecule has 0 bridgehead atoms. The Morgan fingerprint density at radius 3 is 2.54 bits per heavy atom. The van der Waals surface area contributed by atoms with Crippen LogP contribution in [0, 0.1) is 11.8 Å². The maximum absolute atomic E-state index is 13.4. The van der Waals surface area contributed by atoms with Crippen molar-refractivity contribution in [2.45, 2.75) is 49.9 Å². The second-order valence-electron chi connectivity index (χ2n) is 6.69. The minimum Gasteiger partial charge on any atom is -0.293 e. The van der Waals surface area contributed by atoms with Gasteiger partial charge < -0.3 is 0 Å². The highest BCUT2D eigenvalue weighted by Crippen LogP contribution is 2.50. The van der Waals surface area contributed by atoms with Crippen LogP contribution >= 0.6 is 0 Å². The standard InChI is InChI=1S/C20H20FNO2/c21-16-8-6-7-15(11-12-16)20(22)18-10-3-2-9-17(18)19(23-24-20)13-4-1-5-14-19/h2-3,9-12H,1,4-5,7,13-14,22H2. The molecule has 1 saturated carbocycles. The fourth-order valence-electron chi connectivity index (χ4n) is 3.89. The third-order valence-electron chi connectivity index (χ3n) is 5.21. The summed E-state index contributed by atoms with van der Waals surface area (Å²) < 4.78 is 13.4. The van der Waals surface area contributed by atoms with Crippen LogP contribution in [0.25, 0.3) is 0 Å². The maximum Gasteiger partial charge on any atom is 0.200 e. The molecule has 2 N–H and O–H groups in total. The van der Waals surface area contributed by atoms with E-state index < -0.39 is 17.2 Å². The normalized spacial score (nSPS) is 28.1. The molecule has 2 aliphatic carbocycles. The Kier molecular flexibility index (Phi) is 3.80. The largest absolute Gasteiger partial charge is 0.293 e. The molecule has 0 amide bonds. The number of hydrogen-bond donors (Lipinski definition) is 1.